The van der Waals surface area contributed by atoms with Gasteiger partial charge in [-0.25, -0.2) is 0 Å². The first kappa shape index (κ1) is 15.1. The van der Waals surface area contributed by atoms with Gasteiger partial charge >= 0.3 is 0 Å². The lowest BCUT2D eigenvalue weighted by Gasteiger charge is -2.07. The van der Waals surface area contributed by atoms with Crippen molar-refractivity contribution in [3.05, 3.63) is 78.6 Å². The number of nitrogens with two attached hydrogens (primary N) is 1. The molecule has 3 aromatic rings. The van der Waals surface area contributed by atoms with E-state index in [1.54, 1.807) is 48.4 Å². The van der Waals surface area contributed by atoms with Crippen molar-refractivity contribution in [1.82, 2.24) is 4.98 Å². The Morgan fingerprint density at radius 1 is 0.870 bits per heavy atom. The second-order valence-electron chi connectivity index (χ2n) is 4.89. The normalized spacial score (nSPS) is 10.3. The Hall–Kier alpha value is -2.79. The lowest BCUT2D eigenvalue weighted by atomic mass is 10.2. The Kier molecular flexibility index (Phi) is 4.59. The highest BCUT2D eigenvalue weighted by molar-refractivity contribution is 7.99. The molecule has 3 N–H and O–H groups in total. The molecule has 1 aromatic heterocycles. The van der Waals surface area contributed by atoms with Crippen molar-refractivity contribution < 1.29 is 4.79 Å². The first-order chi connectivity index (χ1) is 11.2. The van der Waals surface area contributed by atoms with Gasteiger partial charge in [-0.3, -0.25) is 9.78 Å². The summed E-state index contributed by atoms with van der Waals surface area (Å²) in [6.07, 6.45) is 3.53. The third kappa shape index (κ3) is 4.11. The molecule has 0 aliphatic carbocycles. The summed E-state index contributed by atoms with van der Waals surface area (Å²) in [6, 6.07) is 18.5. The van der Waals surface area contributed by atoms with Crippen LogP contribution in [0, 0.1) is 0 Å². The average Bonchev–Trinajstić information content (AvgIpc) is 2.58. The Bertz CT molecular complexity index is 787. The zero-order chi connectivity index (χ0) is 16.1. The van der Waals surface area contributed by atoms with Crippen molar-refractivity contribution in [2.45, 2.75) is 9.79 Å². The molecular formula is C18H15N3OS. The standard InChI is InChI=1S/C18H15N3OS/c19-14-3-1-13(2-4-14)18(22)21-15-5-7-16(8-6-15)23-17-9-11-20-12-10-17/h1-12H,19H2,(H,21,22). The van der Waals surface area contributed by atoms with Crippen LogP contribution in [-0.4, -0.2) is 10.9 Å². The Morgan fingerprint density at radius 3 is 2.13 bits per heavy atom. The molecule has 0 aliphatic rings. The van der Waals surface area contributed by atoms with E-state index in [-0.39, 0.29) is 5.91 Å². The molecule has 114 valence electrons. The summed E-state index contributed by atoms with van der Waals surface area (Å²) in [7, 11) is 0. The zero-order valence-corrected chi connectivity index (χ0v) is 13.1. The minimum atomic E-state index is -0.153. The summed E-state index contributed by atoms with van der Waals surface area (Å²) in [5.74, 6) is -0.153. The number of hydrogen-bond donors (Lipinski definition) is 2. The number of benzene rings is 2. The van der Waals surface area contributed by atoms with Crippen molar-refractivity contribution in [3.63, 3.8) is 0 Å². The van der Waals surface area contributed by atoms with Crippen molar-refractivity contribution in [2.75, 3.05) is 11.1 Å². The molecule has 2 aromatic carbocycles. The van der Waals surface area contributed by atoms with Crippen LogP contribution in [0.2, 0.25) is 0 Å². The molecule has 0 saturated heterocycles. The quantitative estimate of drug-likeness (QED) is 0.711. The van der Waals surface area contributed by atoms with E-state index < -0.39 is 0 Å². The highest BCUT2D eigenvalue weighted by atomic mass is 32.2. The molecule has 0 aliphatic heterocycles. The van der Waals surface area contributed by atoms with Gasteiger partial charge in [0.25, 0.3) is 5.91 Å². The summed E-state index contributed by atoms with van der Waals surface area (Å²) in [6.45, 7) is 0. The second kappa shape index (κ2) is 6.98. The molecule has 0 radical (unpaired) electrons. The molecule has 0 bridgehead atoms. The van der Waals surface area contributed by atoms with Gasteiger partial charge in [0.2, 0.25) is 0 Å². The SMILES string of the molecule is Nc1ccc(C(=O)Nc2ccc(Sc3ccncc3)cc2)cc1. The molecule has 0 spiro atoms. The van der Waals surface area contributed by atoms with E-state index in [0.29, 0.717) is 11.3 Å². The molecule has 4 nitrogen and oxygen atoms in total. The van der Waals surface area contributed by atoms with Crippen molar-refractivity contribution in [1.29, 1.82) is 0 Å². The van der Waals surface area contributed by atoms with Crippen molar-refractivity contribution in [3.8, 4) is 0 Å². The van der Waals surface area contributed by atoms with Crippen LogP contribution in [0.25, 0.3) is 0 Å². The van der Waals surface area contributed by atoms with E-state index in [1.165, 1.54) is 0 Å². The minimum Gasteiger partial charge on any atom is -0.399 e. The van der Waals surface area contributed by atoms with Crippen LogP contribution in [0.4, 0.5) is 11.4 Å². The molecule has 0 atom stereocenters. The number of anilines is 2. The summed E-state index contributed by atoms with van der Waals surface area (Å²) < 4.78 is 0. The summed E-state index contributed by atoms with van der Waals surface area (Å²) >= 11 is 1.65. The third-order valence-corrected chi connectivity index (χ3v) is 4.19. The number of rotatable bonds is 4. The molecule has 1 amide bonds. The molecule has 3 rings (SSSR count). The molecule has 0 unspecified atom stereocenters. The molecular weight excluding hydrogens is 306 g/mol. The van der Waals surface area contributed by atoms with Gasteiger partial charge < -0.3 is 11.1 Å². The van der Waals surface area contributed by atoms with Gasteiger partial charge in [0.05, 0.1) is 0 Å². The van der Waals surface area contributed by atoms with Crippen molar-refractivity contribution in [2.24, 2.45) is 0 Å². The largest absolute Gasteiger partial charge is 0.399 e. The number of amides is 1. The number of carbonyl (C=O) groups excluding carboxylic acids is 1. The number of nitrogens with one attached hydrogen (secondary N) is 1. The predicted octanol–water partition coefficient (Wildman–Crippen LogP) is 4.07. The maximum absolute atomic E-state index is 12.1. The van der Waals surface area contributed by atoms with Crippen LogP contribution in [-0.2, 0) is 0 Å². The Balaban J connectivity index is 1.65. The van der Waals surface area contributed by atoms with Gasteiger partial charge in [0.15, 0.2) is 0 Å². The minimum absolute atomic E-state index is 0.153. The predicted molar refractivity (Wildman–Crippen MR) is 93.6 cm³/mol. The monoisotopic (exact) mass is 321 g/mol. The molecule has 1 heterocycles. The highest BCUT2D eigenvalue weighted by Gasteiger charge is 2.06. The lowest BCUT2D eigenvalue weighted by Crippen LogP contribution is -2.11. The first-order valence-electron chi connectivity index (χ1n) is 7.05. The van der Waals surface area contributed by atoms with Gasteiger partial charge in [-0.1, -0.05) is 11.8 Å². The molecule has 5 heteroatoms. The van der Waals surface area contributed by atoms with E-state index in [9.17, 15) is 4.79 Å². The number of aromatic nitrogens is 1. The smallest absolute Gasteiger partial charge is 0.255 e. The van der Waals surface area contributed by atoms with Gasteiger partial charge in [-0.05, 0) is 60.7 Å². The highest BCUT2D eigenvalue weighted by Crippen LogP contribution is 2.27. The average molecular weight is 321 g/mol. The fourth-order valence-corrected chi connectivity index (χ4v) is 2.79. The van der Waals surface area contributed by atoms with Gasteiger partial charge in [-0.2, -0.15) is 0 Å². The second-order valence-corrected chi connectivity index (χ2v) is 6.03. The van der Waals surface area contributed by atoms with E-state index in [1.807, 2.05) is 36.4 Å². The first-order valence-corrected chi connectivity index (χ1v) is 7.87. The maximum atomic E-state index is 12.1. The van der Waals surface area contributed by atoms with Gasteiger partial charge in [0, 0.05) is 39.1 Å². The molecule has 0 saturated carbocycles. The number of carbonyl (C=O) groups is 1. The van der Waals surface area contributed by atoms with E-state index >= 15 is 0 Å². The lowest BCUT2D eigenvalue weighted by molar-refractivity contribution is 0.102. The topological polar surface area (TPSA) is 68.0 Å². The number of nitrogen functional groups attached to an aromatic ring is 1. The fourth-order valence-electron chi connectivity index (χ4n) is 1.99. The van der Waals surface area contributed by atoms with Crippen LogP contribution in [0.15, 0.2) is 82.8 Å². The van der Waals surface area contributed by atoms with Crippen LogP contribution in [0.5, 0.6) is 0 Å². The van der Waals surface area contributed by atoms with Crippen LogP contribution >= 0.6 is 11.8 Å². The number of nitrogens with zero attached hydrogens (tertiary/aromatic N) is 1. The van der Waals surface area contributed by atoms with Crippen molar-refractivity contribution >= 4 is 29.0 Å². The van der Waals surface area contributed by atoms with Crippen LogP contribution in [0.3, 0.4) is 0 Å². The Morgan fingerprint density at radius 2 is 1.48 bits per heavy atom. The number of hydrogen-bond acceptors (Lipinski definition) is 4. The zero-order valence-electron chi connectivity index (χ0n) is 12.3. The van der Waals surface area contributed by atoms with E-state index in [0.717, 1.165) is 15.5 Å². The van der Waals surface area contributed by atoms with Crippen LogP contribution in [0.1, 0.15) is 10.4 Å². The van der Waals surface area contributed by atoms with E-state index in [4.69, 9.17) is 5.73 Å². The summed E-state index contributed by atoms with van der Waals surface area (Å²) in [5.41, 5.74) is 7.59. The molecule has 0 fully saturated rings. The number of pyridine rings is 1. The maximum Gasteiger partial charge on any atom is 0.255 e. The summed E-state index contributed by atoms with van der Waals surface area (Å²) in [5, 5.41) is 2.87. The fraction of sp³-hybridized carbons (Fsp3) is 0. The van der Waals surface area contributed by atoms with Crippen LogP contribution < -0.4 is 11.1 Å². The summed E-state index contributed by atoms with van der Waals surface area (Å²) in [4.78, 5) is 18.4. The van der Waals surface area contributed by atoms with Gasteiger partial charge in [0.1, 0.15) is 0 Å². The van der Waals surface area contributed by atoms with E-state index in [2.05, 4.69) is 10.3 Å². The molecule has 23 heavy (non-hydrogen) atoms. The Labute approximate surface area is 138 Å². The van der Waals surface area contributed by atoms with Gasteiger partial charge in [-0.15, -0.1) is 0 Å². The third-order valence-electron chi connectivity index (χ3n) is 3.17.